The molecule has 2 aromatic heterocycles. The monoisotopic (exact) mass is 513 g/mol. The number of hydrogen-bond donors (Lipinski definition) is 3. The van der Waals surface area contributed by atoms with Crippen LogP contribution in [0.3, 0.4) is 0 Å². The molecule has 0 spiro atoms. The first-order valence-corrected chi connectivity index (χ1v) is 13.5. The van der Waals surface area contributed by atoms with E-state index in [1.54, 1.807) is 0 Å². The van der Waals surface area contributed by atoms with Crippen LogP contribution in [0.5, 0.6) is 17.4 Å². The fraction of sp³-hybridized carbons (Fsp3) is 0.387. The topological polar surface area (TPSA) is 88.4 Å². The number of H-pyrrole nitrogens is 1. The third-order valence-corrected chi connectivity index (χ3v) is 7.18. The van der Waals surface area contributed by atoms with Crippen LogP contribution in [0.15, 0.2) is 73.1 Å². The first-order valence-electron chi connectivity index (χ1n) is 13.5. The van der Waals surface area contributed by atoms with Gasteiger partial charge in [0.1, 0.15) is 11.5 Å². The minimum Gasteiger partial charge on any atom is -0.493 e. The maximum absolute atomic E-state index is 6.29. The van der Waals surface area contributed by atoms with E-state index >= 15 is 0 Å². The molecule has 7 heteroatoms. The molecular formula is C31H39N5O2. The molecule has 0 bridgehead atoms. The van der Waals surface area contributed by atoms with Crippen LogP contribution in [0.2, 0.25) is 0 Å². The average Bonchev–Trinajstić information content (AvgIpc) is 3.36. The second kappa shape index (κ2) is 11.6. The smallest absolute Gasteiger partial charge is 0.219 e. The van der Waals surface area contributed by atoms with Gasteiger partial charge in [-0.3, -0.25) is 4.90 Å². The van der Waals surface area contributed by atoms with Gasteiger partial charge in [0.25, 0.3) is 0 Å². The number of nitrogens with two attached hydrogens (primary N) is 1. The molecule has 0 aliphatic carbocycles. The summed E-state index contributed by atoms with van der Waals surface area (Å²) in [5.41, 5.74) is 9.61. The number of rotatable bonds is 12. The van der Waals surface area contributed by atoms with Crippen molar-refractivity contribution in [2.75, 3.05) is 26.2 Å². The zero-order chi connectivity index (χ0) is 26.5. The van der Waals surface area contributed by atoms with E-state index in [1.807, 2.05) is 48.8 Å². The third-order valence-electron chi connectivity index (χ3n) is 7.18. The highest BCUT2D eigenvalue weighted by Crippen LogP contribution is 2.26. The number of nitrogens with zero attached hydrogens (tertiary/aromatic N) is 2. The molecule has 2 unspecified atom stereocenters. The van der Waals surface area contributed by atoms with Gasteiger partial charge in [0.05, 0.1) is 12.8 Å². The van der Waals surface area contributed by atoms with Crippen LogP contribution < -0.4 is 20.5 Å². The highest BCUT2D eigenvalue weighted by atomic mass is 16.5. The molecule has 0 radical (unpaired) electrons. The zero-order valence-electron chi connectivity index (χ0n) is 22.6. The number of aromatic amines is 1. The normalized spacial score (nSPS) is 15.7. The lowest BCUT2D eigenvalue weighted by molar-refractivity contribution is 0.121. The van der Waals surface area contributed by atoms with E-state index in [-0.39, 0.29) is 11.7 Å². The first kappa shape index (κ1) is 26.2. The number of pyridine rings is 1. The van der Waals surface area contributed by atoms with Crippen molar-refractivity contribution in [3.8, 4) is 17.4 Å². The van der Waals surface area contributed by atoms with Gasteiger partial charge in [-0.15, -0.1) is 0 Å². The molecule has 7 nitrogen and oxygen atoms in total. The van der Waals surface area contributed by atoms with Crippen LogP contribution in [0.4, 0.5) is 0 Å². The summed E-state index contributed by atoms with van der Waals surface area (Å²) in [7, 11) is 0. The van der Waals surface area contributed by atoms with Crippen molar-refractivity contribution in [2.45, 2.75) is 45.3 Å². The Balaban J connectivity index is 1.08. The van der Waals surface area contributed by atoms with Gasteiger partial charge in [0.15, 0.2) is 0 Å². The molecule has 1 aliphatic rings. The van der Waals surface area contributed by atoms with Crippen molar-refractivity contribution in [1.29, 1.82) is 0 Å². The molecule has 1 fully saturated rings. The second-order valence-corrected chi connectivity index (χ2v) is 11.1. The summed E-state index contributed by atoms with van der Waals surface area (Å²) in [4.78, 5) is 9.93. The highest BCUT2D eigenvalue weighted by molar-refractivity contribution is 5.85. The molecule has 1 aliphatic heterocycles. The number of likely N-dealkylation sites (tertiary alicyclic amines) is 1. The second-order valence-electron chi connectivity index (χ2n) is 11.1. The summed E-state index contributed by atoms with van der Waals surface area (Å²) in [6, 6.07) is 20.3. The lowest BCUT2D eigenvalue weighted by atomic mass is 9.94. The third kappa shape index (κ3) is 6.54. The highest BCUT2D eigenvalue weighted by Gasteiger charge is 2.22. The van der Waals surface area contributed by atoms with Crippen LogP contribution in [-0.4, -0.2) is 46.6 Å². The van der Waals surface area contributed by atoms with E-state index in [9.17, 15) is 0 Å². The summed E-state index contributed by atoms with van der Waals surface area (Å²) in [5.74, 6) is 2.65. The predicted molar refractivity (Wildman–Crippen MR) is 153 cm³/mol. The van der Waals surface area contributed by atoms with Gasteiger partial charge in [-0.2, -0.15) is 0 Å². The molecular weight excluding hydrogens is 474 g/mol. The summed E-state index contributed by atoms with van der Waals surface area (Å²) in [6.45, 7) is 10.3. The van der Waals surface area contributed by atoms with Crippen LogP contribution in [0.1, 0.15) is 44.5 Å². The van der Waals surface area contributed by atoms with Gasteiger partial charge in [-0.25, -0.2) is 4.98 Å². The van der Waals surface area contributed by atoms with Gasteiger partial charge in [-0.1, -0.05) is 25.1 Å². The fourth-order valence-corrected chi connectivity index (χ4v) is 4.75. The van der Waals surface area contributed by atoms with Crippen LogP contribution in [-0.2, 0) is 6.42 Å². The molecule has 3 heterocycles. The van der Waals surface area contributed by atoms with Crippen molar-refractivity contribution in [3.05, 3.63) is 84.2 Å². The molecule has 4 N–H and O–H groups in total. The van der Waals surface area contributed by atoms with Crippen molar-refractivity contribution >= 4 is 10.9 Å². The summed E-state index contributed by atoms with van der Waals surface area (Å²) in [6.07, 6.45) is 5.80. The summed E-state index contributed by atoms with van der Waals surface area (Å²) < 4.78 is 12.1. The van der Waals surface area contributed by atoms with Crippen LogP contribution in [0, 0.1) is 5.92 Å². The summed E-state index contributed by atoms with van der Waals surface area (Å²) in [5, 5.41) is 4.84. The SMILES string of the molecule is CC(CNC(C)(C)Cc1ccc(Oc2ccc(C(N)N3CCC3)cn2)cc1)COc1cccc2[nH]ccc12. The van der Waals surface area contributed by atoms with Crippen LogP contribution >= 0.6 is 0 Å². The number of aromatic nitrogens is 2. The molecule has 5 rings (SSSR count). The standard InChI is InChI=1S/C31H39N5O2/c1-22(21-37-28-7-4-6-27-26(28)14-15-33-27)19-35-31(2,3)18-23-8-11-25(12-9-23)38-29-13-10-24(20-34-29)30(32)36-16-5-17-36/h4,6-15,20,22,30,33,35H,5,16-19,21,32H2,1-3H3. The van der Waals surface area contributed by atoms with Gasteiger partial charge < -0.3 is 25.5 Å². The Labute approximate surface area is 225 Å². The van der Waals surface area contributed by atoms with Gasteiger partial charge in [-0.05, 0) is 68.7 Å². The molecule has 38 heavy (non-hydrogen) atoms. The first-order chi connectivity index (χ1) is 18.4. The molecule has 1 saturated heterocycles. The van der Waals surface area contributed by atoms with Crippen LogP contribution in [0.25, 0.3) is 10.9 Å². The maximum atomic E-state index is 6.29. The van der Waals surface area contributed by atoms with Gasteiger partial charge in [0, 0.05) is 66.0 Å². The van der Waals surface area contributed by atoms with E-state index in [4.69, 9.17) is 15.2 Å². The average molecular weight is 514 g/mol. The van der Waals surface area contributed by atoms with E-state index in [1.165, 1.54) is 12.0 Å². The largest absolute Gasteiger partial charge is 0.493 e. The summed E-state index contributed by atoms with van der Waals surface area (Å²) >= 11 is 0. The van der Waals surface area contributed by atoms with E-state index in [0.717, 1.165) is 54.0 Å². The van der Waals surface area contributed by atoms with Gasteiger partial charge in [0.2, 0.25) is 5.88 Å². The van der Waals surface area contributed by atoms with E-state index < -0.39 is 0 Å². The van der Waals surface area contributed by atoms with Crippen molar-refractivity contribution < 1.29 is 9.47 Å². The molecule has 0 amide bonds. The number of hydrogen-bond acceptors (Lipinski definition) is 6. The quantitative estimate of drug-likeness (QED) is 0.227. The predicted octanol–water partition coefficient (Wildman–Crippen LogP) is 5.64. The van der Waals surface area contributed by atoms with E-state index in [0.29, 0.717) is 18.4 Å². The molecule has 2 aromatic carbocycles. The van der Waals surface area contributed by atoms with Gasteiger partial charge >= 0.3 is 0 Å². The Kier molecular flexibility index (Phi) is 7.98. The Hall–Kier alpha value is -3.39. The van der Waals surface area contributed by atoms with Crippen molar-refractivity contribution in [1.82, 2.24) is 20.2 Å². The van der Waals surface area contributed by atoms with Crippen molar-refractivity contribution in [3.63, 3.8) is 0 Å². The lowest BCUT2D eigenvalue weighted by Crippen LogP contribution is -2.44. The Morgan fingerprint density at radius 3 is 2.61 bits per heavy atom. The minimum absolute atomic E-state index is 0.0517. The maximum Gasteiger partial charge on any atom is 0.219 e. The molecule has 2 atom stereocenters. The molecule has 200 valence electrons. The Morgan fingerprint density at radius 1 is 1.08 bits per heavy atom. The lowest BCUT2D eigenvalue weighted by Gasteiger charge is -2.36. The number of ether oxygens (including phenoxy) is 2. The van der Waals surface area contributed by atoms with E-state index in [2.05, 4.69) is 65.2 Å². The number of nitrogens with one attached hydrogen (secondary N) is 2. The molecule has 0 saturated carbocycles. The van der Waals surface area contributed by atoms with Crippen molar-refractivity contribution in [2.24, 2.45) is 11.7 Å². The minimum atomic E-state index is -0.0865. The fourth-order valence-electron chi connectivity index (χ4n) is 4.75. The Bertz CT molecular complexity index is 1310. The number of fused-ring (bicyclic) bond motifs is 1. The number of benzene rings is 2. The Morgan fingerprint density at radius 2 is 1.89 bits per heavy atom. The molecule has 4 aromatic rings. The zero-order valence-corrected chi connectivity index (χ0v) is 22.6.